The van der Waals surface area contributed by atoms with E-state index in [9.17, 15) is 0 Å². The van der Waals surface area contributed by atoms with Crippen molar-refractivity contribution in [3.8, 4) is 0 Å². The van der Waals surface area contributed by atoms with Crippen LogP contribution in [-0.2, 0) is 9.47 Å². The van der Waals surface area contributed by atoms with Crippen molar-refractivity contribution < 1.29 is 9.47 Å². The summed E-state index contributed by atoms with van der Waals surface area (Å²) in [5.74, 6) is 0. The van der Waals surface area contributed by atoms with Crippen LogP contribution in [0, 0.1) is 0 Å². The molecular weight excluding hydrogens is 130 g/mol. The summed E-state index contributed by atoms with van der Waals surface area (Å²) >= 11 is 0. The van der Waals surface area contributed by atoms with E-state index in [1.54, 1.807) is 7.11 Å². The van der Waals surface area contributed by atoms with Crippen LogP contribution in [0.2, 0.25) is 0 Å². The lowest BCUT2D eigenvalue weighted by atomic mass is 9.95. The normalized spacial score (nSPS) is 34.2. The van der Waals surface area contributed by atoms with Gasteiger partial charge in [-0.05, 0) is 12.8 Å². The molecule has 3 heteroatoms. The minimum atomic E-state index is -0.215. The highest BCUT2D eigenvalue weighted by Gasteiger charge is 2.27. The third-order valence-corrected chi connectivity index (χ3v) is 1.78. The monoisotopic (exact) mass is 145 g/mol. The lowest BCUT2D eigenvalue weighted by Gasteiger charge is -2.32. The summed E-state index contributed by atoms with van der Waals surface area (Å²) < 4.78 is 10.2. The van der Waals surface area contributed by atoms with Crippen LogP contribution in [-0.4, -0.2) is 32.5 Å². The molecule has 0 aromatic rings. The maximum absolute atomic E-state index is 5.92. The molecule has 1 aliphatic rings. The Kier molecular flexibility index (Phi) is 2.65. The predicted molar refractivity (Wildman–Crippen MR) is 38.8 cm³/mol. The van der Waals surface area contributed by atoms with Crippen LogP contribution in [0.1, 0.15) is 12.8 Å². The highest BCUT2D eigenvalue weighted by molar-refractivity contribution is 4.85. The first-order chi connectivity index (χ1) is 4.77. The summed E-state index contributed by atoms with van der Waals surface area (Å²) in [6, 6.07) is 0. The van der Waals surface area contributed by atoms with E-state index in [-0.39, 0.29) is 5.54 Å². The maximum atomic E-state index is 5.92. The van der Waals surface area contributed by atoms with Gasteiger partial charge < -0.3 is 15.2 Å². The molecule has 1 aliphatic heterocycles. The Morgan fingerprint density at radius 3 is 3.00 bits per heavy atom. The van der Waals surface area contributed by atoms with Gasteiger partial charge >= 0.3 is 0 Å². The van der Waals surface area contributed by atoms with E-state index in [1.807, 2.05) is 0 Å². The first-order valence-electron chi connectivity index (χ1n) is 3.62. The van der Waals surface area contributed by atoms with Gasteiger partial charge in [-0.1, -0.05) is 0 Å². The predicted octanol–water partition coefficient (Wildman–Crippen LogP) is 0.141. The third-order valence-electron chi connectivity index (χ3n) is 1.78. The fourth-order valence-corrected chi connectivity index (χ4v) is 1.28. The van der Waals surface area contributed by atoms with E-state index in [0.29, 0.717) is 13.2 Å². The molecule has 60 valence electrons. The van der Waals surface area contributed by atoms with Gasteiger partial charge in [-0.25, -0.2) is 0 Å². The second-order valence-corrected chi connectivity index (χ2v) is 2.95. The van der Waals surface area contributed by atoms with Crippen molar-refractivity contribution in [2.75, 3.05) is 26.9 Å². The van der Waals surface area contributed by atoms with Gasteiger partial charge in [0.2, 0.25) is 0 Å². The number of nitrogens with two attached hydrogens (primary N) is 1. The van der Waals surface area contributed by atoms with Crippen molar-refractivity contribution in [1.82, 2.24) is 0 Å². The van der Waals surface area contributed by atoms with Crippen molar-refractivity contribution >= 4 is 0 Å². The molecule has 1 atom stereocenters. The molecule has 0 aliphatic carbocycles. The van der Waals surface area contributed by atoms with E-state index in [1.165, 1.54) is 0 Å². The largest absolute Gasteiger partial charge is 0.383 e. The molecule has 1 rings (SSSR count). The fourth-order valence-electron chi connectivity index (χ4n) is 1.28. The third kappa shape index (κ3) is 1.94. The molecular formula is C7H15NO2. The highest BCUT2D eigenvalue weighted by Crippen LogP contribution is 2.15. The summed E-state index contributed by atoms with van der Waals surface area (Å²) in [6.45, 7) is 2.09. The second kappa shape index (κ2) is 3.32. The van der Waals surface area contributed by atoms with Gasteiger partial charge in [-0.3, -0.25) is 0 Å². The lowest BCUT2D eigenvalue weighted by molar-refractivity contribution is 0.000624. The molecule has 3 nitrogen and oxygen atoms in total. The Balaban J connectivity index is 2.32. The quantitative estimate of drug-likeness (QED) is 0.601. The summed E-state index contributed by atoms with van der Waals surface area (Å²) in [5, 5.41) is 0. The Bertz CT molecular complexity index is 94.3. The average Bonchev–Trinajstić information content (AvgIpc) is 1.89. The van der Waals surface area contributed by atoms with Gasteiger partial charge in [0.15, 0.2) is 0 Å². The molecule has 0 aromatic carbocycles. The molecule has 2 N–H and O–H groups in total. The van der Waals surface area contributed by atoms with Crippen LogP contribution in [0.5, 0.6) is 0 Å². The molecule has 1 heterocycles. The first-order valence-corrected chi connectivity index (χ1v) is 3.62. The number of hydrogen-bond donors (Lipinski definition) is 1. The Morgan fingerprint density at radius 2 is 2.50 bits per heavy atom. The van der Waals surface area contributed by atoms with Crippen LogP contribution in [0.4, 0.5) is 0 Å². The first kappa shape index (κ1) is 7.98. The number of methoxy groups -OCH3 is 1. The van der Waals surface area contributed by atoms with Crippen molar-refractivity contribution in [2.45, 2.75) is 18.4 Å². The Labute approximate surface area is 61.5 Å². The smallest absolute Gasteiger partial charge is 0.0668 e. The number of hydrogen-bond acceptors (Lipinski definition) is 3. The average molecular weight is 145 g/mol. The van der Waals surface area contributed by atoms with Gasteiger partial charge in [0.05, 0.1) is 18.8 Å². The van der Waals surface area contributed by atoms with Gasteiger partial charge in [0, 0.05) is 13.7 Å². The molecule has 0 radical (unpaired) electrons. The molecule has 0 amide bonds. The Morgan fingerprint density at radius 1 is 1.70 bits per heavy atom. The highest BCUT2D eigenvalue weighted by atomic mass is 16.5. The van der Waals surface area contributed by atoms with Crippen LogP contribution in [0.3, 0.4) is 0 Å². The zero-order chi connectivity index (χ0) is 7.45. The standard InChI is InChI=1S/C7H15NO2/c1-9-5-7(8)3-2-4-10-6-7/h2-6,8H2,1H3. The van der Waals surface area contributed by atoms with E-state index in [0.717, 1.165) is 19.4 Å². The maximum Gasteiger partial charge on any atom is 0.0668 e. The molecule has 0 bridgehead atoms. The van der Waals surface area contributed by atoms with Gasteiger partial charge in [0.25, 0.3) is 0 Å². The van der Waals surface area contributed by atoms with Crippen molar-refractivity contribution in [1.29, 1.82) is 0 Å². The summed E-state index contributed by atoms with van der Waals surface area (Å²) in [5.41, 5.74) is 5.70. The number of ether oxygens (including phenoxy) is 2. The topological polar surface area (TPSA) is 44.5 Å². The minimum Gasteiger partial charge on any atom is -0.383 e. The van der Waals surface area contributed by atoms with Crippen molar-refractivity contribution in [3.63, 3.8) is 0 Å². The van der Waals surface area contributed by atoms with Gasteiger partial charge in [0.1, 0.15) is 0 Å². The van der Waals surface area contributed by atoms with E-state index in [2.05, 4.69) is 0 Å². The molecule has 0 aromatic heterocycles. The van der Waals surface area contributed by atoms with Crippen LogP contribution >= 0.6 is 0 Å². The summed E-state index contributed by atoms with van der Waals surface area (Å²) in [6.07, 6.45) is 2.07. The zero-order valence-corrected chi connectivity index (χ0v) is 6.43. The lowest BCUT2D eigenvalue weighted by Crippen LogP contribution is -2.51. The van der Waals surface area contributed by atoms with Crippen LogP contribution in [0.25, 0.3) is 0 Å². The molecule has 10 heavy (non-hydrogen) atoms. The zero-order valence-electron chi connectivity index (χ0n) is 6.43. The van der Waals surface area contributed by atoms with E-state index < -0.39 is 0 Å². The van der Waals surface area contributed by atoms with E-state index >= 15 is 0 Å². The van der Waals surface area contributed by atoms with Crippen LogP contribution < -0.4 is 5.73 Å². The Hall–Kier alpha value is -0.120. The van der Waals surface area contributed by atoms with Crippen molar-refractivity contribution in [3.05, 3.63) is 0 Å². The van der Waals surface area contributed by atoms with Gasteiger partial charge in [-0.15, -0.1) is 0 Å². The summed E-state index contributed by atoms with van der Waals surface area (Å²) in [4.78, 5) is 0. The van der Waals surface area contributed by atoms with E-state index in [4.69, 9.17) is 15.2 Å². The second-order valence-electron chi connectivity index (χ2n) is 2.95. The summed E-state index contributed by atoms with van der Waals surface area (Å²) in [7, 11) is 1.67. The molecule has 0 spiro atoms. The molecule has 0 saturated carbocycles. The SMILES string of the molecule is COCC1(N)CCCOC1. The fraction of sp³-hybridized carbons (Fsp3) is 1.00. The minimum absolute atomic E-state index is 0.215. The number of rotatable bonds is 2. The molecule has 1 fully saturated rings. The van der Waals surface area contributed by atoms with Crippen LogP contribution in [0.15, 0.2) is 0 Å². The van der Waals surface area contributed by atoms with Crippen molar-refractivity contribution in [2.24, 2.45) is 5.73 Å². The molecule has 1 unspecified atom stereocenters. The molecule has 1 saturated heterocycles. The van der Waals surface area contributed by atoms with Gasteiger partial charge in [-0.2, -0.15) is 0 Å².